The van der Waals surface area contributed by atoms with Crippen LogP contribution in [0.2, 0.25) is 0 Å². The van der Waals surface area contributed by atoms with Gasteiger partial charge in [0.25, 0.3) is 5.91 Å². The summed E-state index contributed by atoms with van der Waals surface area (Å²) in [4.78, 5) is 15.2. The lowest BCUT2D eigenvalue weighted by Gasteiger charge is -2.32. The third-order valence-corrected chi connectivity index (χ3v) is 5.76. The van der Waals surface area contributed by atoms with Crippen molar-refractivity contribution in [1.82, 2.24) is 10.2 Å². The number of carbonyl (C=O) groups excluding carboxylic acids is 1. The van der Waals surface area contributed by atoms with E-state index in [9.17, 15) is 4.79 Å². The zero-order valence-electron chi connectivity index (χ0n) is 18.4. The van der Waals surface area contributed by atoms with Crippen LogP contribution in [-0.4, -0.2) is 43.7 Å². The van der Waals surface area contributed by atoms with E-state index in [1.54, 1.807) is 13.2 Å². The molecule has 5 heteroatoms. The lowest BCUT2D eigenvalue weighted by molar-refractivity contribution is 0.0908. The third-order valence-electron chi connectivity index (χ3n) is 5.76. The van der Waals surface area contributed by atoms with E-state index < -0.39 is 0 Å². The Balaban J connectivity index is 1.51. The van der Waals surface area contributed by atoms with Gasteiger partial charge in [-0.15, -0.1) is 0 Å². The molecule has 0 bridgehead atoms. The molecule has 2 aromatic rings. The van der Waals surface area contributed by atoms with Crippen molar-refractivity contribution in [1.29, 1.82) is 0 Å². The number of unbranched alkanes of at least 4 members (excludes halogenated alkanes) is 1. The molecule has 1 aliphatic heterocycles. The largest absolute Gasteiger partial charge is 0.493 e. The fourth-order valence-electron chi connectivity index (χ4n) is 3.79. The van der Waals surface area contributed by atoms with Crippen LogP contribution in [0.5, 0.6) is 11.5 Å². The summed E-state index contributed by atoms with van der Waals surface area (Å²) in [5, 5.41) is 3.19. The minimum absolute atomic E-state index is 0.0502. The minimum Gasteiger partial charge on any atom is -0.493 e. The average molecular weight is 411 g/mol. The molecule has 162 valence electrons. The molecule has 1 amide bonds. The second kappa shape index (κ2) is 11.0. The molecule has 2 aromatic carbocycles. The van der Waals surface area contributed by atoms with Gasteiger partial charge in [-0.25, -0.2) is 0 Å². The van der Waals surface area contributed by atoms with E-state index in [1.165, 1.54) is 11.1 Å². The number of amides is 1. The van der Waals surface area contributed by atoms with Gasteiger partial charge in [-0.2, -0.15) is 0 Å². The number of hydrogen-bond acceptors (Lipinski definition) is 4. The number of benzene rings is 2. The Morgan fingerprint density at radius 2 is 1.90 bits per heavy atom. The molecule has 3 rings (SSSR count). The van der Waals surface area contributed by atoms with Gasteiger partial charge in [-0.1, -0.05) is 37.6 Å². The van der Waals surface area contributed by atoms with Crippen molar-refractivity contribution in [2.75, 3.05) is 26.8 Å². The van der Waals surface area contributed by atoms with Crippen LogP contribution in [0.3, 0.4) is 0 Å². The van der Waals surface area contributed by atoms with Crippen molar-refractivity contribution < 1.29 is 14.3 Å². The first kappa shape index (κ1) is 22.2. The highest BCUT2D eigenvalue weighted by atomic mass is 16.5. The molecule has 1 N–H and O–H groups in total. The number of nitrogens with one attached hydrogen (secondary N) is 1. The summed E-state index contributed by atoms with van der Waals surface area (Å²) in [6.45, 7) is 7.90. The molecule has 30 heavy (non-hydrogen) atoms. The molecule has 0 atom stereocenters. The lowest BCUT2D eigenvalue weighted by Crippen LogP contribution is -2.44. The van der Waals surface area contributed by atoms with Gasteiger partial charge in [-0.05, 0) is 55.5 Å². The number of hydrogen-bond donors (Lipinski definition) is 1. The molecular formula is C25H34N2O3. The van der Waals surface area contributed by atoms with E-state index in [4.69, 9.17) is 9.47 Å². The van der Waals surface area contributed by atoms with Crippen LogP contribution in [0.1, 0.15) is 54.1 Å². The average Bonchev–Trinajstić information content (AvgIpc) is 2.77. The Morgan fingerprint density at radius 3 is 2.60 bits per heavy atom. The van der Waals surface area contributed by atoms with E-state index in [1.807, 2.05) is 12.1 Å². The Bertz CT molecular complexity index is 829. The summed E-state index contributed by atoms with van der Waals surface area (Å²) in [7, 11) is 1.61. The van der Waals surface area contributed by atoms with Crippen molar-refractivity contribution in [2.45, 2.75) is 52.1 Å². The number of methoxy groups -OCH3 is 1. The fraction of sp³-hybridized carbons (Fsp3) is 0.480. The Kier molecular flexibility index (Phi) is 8.14. The number of aryl methyl sites for hydroxylation is 1. The van der Waals surface area contributed by atoms with Gasteiger partial charge in [0.2, 0.25) is 0 Å². The normalized spacial score (nSPS) is 15.0. The van der Waals surface area contributed by atoms with E-state index in [0.29, 0.717) is 23.7 Å². The Labute approximate surface area is 180 Å². The lowest BCUT2D eigenvalue weighted by atomic mass is 10.0. The van der Waals surface area contributed by atoms with Crippen LogP contribution in [0.15, 0.2) is 42.5 Å². The van der Waals surface area contributed by atoms with Gasteiger partial charge >= 0.3 is 0 Å². The van der Waals surface area contributed by atoms with Gasteiger partial charge in [-0.3, -0.25) is 9.69 Å². The van der Waals surface area contributed by atoms with Gasteiger partial charge in [0, 0.05) is 31.2 Å². The highest BCUT2D eigenvalue weighted by molar-refractivity contribution is 5.95. The summed E-state index contributed by atoms with van der Waals surface area (Å²) in [6.07, 6.45) is 4.00. The van der Waals surface area contributed by atoms with Crippen molar-refractivity contribution in [3.05, 3.63) is 59.2 Å². The summed E-state index contributed by atoms with van der Waals surface area (Å²) >= 11 is 0. The first-order chi connectivity index (χ1) is 14.6. The van der Waals surface area contributed by atoms with E-state index in [2.05, 4.69) is 48.3 Å². The maximum absolute atomic E-state index is 12.7. The van der Waals surface area contributed by atoms with Gasteiger partial charge in [0.15, 0.2) is 11.5 Å². The van der Waals surface area contributed by atoms with E-state index >= 15 is 0 Å². The number of ether oxygens (including phenoxy) is 2. The predicted octanol–water partition coefficient (Wildman–Crippen LogP) is 4.58. The molecule has 1 aliphatic rings. The van der Waals surface area contributed by atoms with Crippen LogP contribution in [0, 0.1) is 6.92 Å². The van der Waals surface area contributed by atoms with Gasteiger partial charge in [0.1, 0.15) is 0 Å². The highest BCUT2D eigenvalue weighted by Crippen LogP contribution is 2.28. The van der Waals surface area contributed by atoms with Crippen LogP contribution in [0.4, 0.5) is 0 Å². The molecule has 0 radical (unpaired) electrons. The fourth-order valence-corrected chi connectivity index (χ4v) is 3.79. The second-order valence-corrected chi connectivity index (χ2v) is 8.02. The first-order valence-corrected chi connectivity index (χ1v) is 11.0. The number of rotatable bonds is 9. The maximum Gasteiger partial charge on any atom is 0.251 e. The second-order valence-electron chi connectivity index (χ2n) is 8.02. The van der Waals surface area contributed by atoms with Gasteiger partial charge in [0.05, 0.1) is 13.7 Å². The minimum atomic E-state index is -0.0502. The monoisotopic (exact) mass is 410 g/mol. The van der Waals surface area contributed by atoms with Gasteiger partial charge < -0.3 is 14.8 Å². The van der Waals surface area contributed by atoms with Crippen LogP contribution in [0.25, 0.3) is 0 Å². The number of carbonyl (C=O) groups is 1. The van der Waals surface area contributed by atoms with Crippen LogP contribution < -0.4 is 14.8 Å². The van der Waals surface area contributed by atoms with Crippen molar-refractivity contribution in [3.8, 4) is 11.5 Å². The topological polar surface area (TPSA) is 50.8 Å². The first-order valence-electron chi connectivity index (χ1n) is 11.0. The quantitative estimate of drug-likeness (QED) is 0.615. The van der Waals surface area contributed by atoms with E-state index in [-0.39, 0.29) is 11.9 Å². The summed E-state index contributed by atoms with van der Waals surface area (Å²) in [5.41, 5.74) is 3.33. The maximum atomic E-state index is 12.7. The van der Waals surface area contributed by atoms with Crippen LogP contribution >= 0.6 is 0 Å². The zero-order valence-corrected chi connectivity index (χ0v) is 18.4. The predicted molar refractivity (Wildman–Crippen MR) is 120 cm³/mol. The number of nitrogens with zero attached hydrogens (tertiary/aromatic N) is 1. The summed E-state index contributed by atoms with van der Waals surface area (Å²) in [5.74, 6) is 1.24. The van der Waals surface area contributed by atoms with Crippen molar-refractivity contribution in [3.63, 3.8) is 0 Å². The summed E-state index contributed by atoms with van der Waals surface area (Å²) in [6, 6.07) is 14.2. The Morgan fingerprint density at radius 1 is 1.13 bits per heavy atom. The smallest absolute Gasteiger partial charge is 0.251 e. The molecule has 0 unspecified atom stereocenters. The van der Waals surface area contributed by atoms with E-state index in [0.717, 1.165) is 45.3 Å². The SMILES string of the molecule is CCCCOc1ccc(C(=O)NC2CCN(Cc3ccccc3C)CC2)cc1OC. The highest BCUT2D eigenvalue weighted by Gasteiger charge is 2.22. The Hall–Kier alpha value is -2.53. The third kappa shape index (κ3) is 5.99. The molecule has 1 saturated heterocycles. The molecule has 1 fully saturated rings. The molecule has 0 spiro atoms. The number of likely N-dealkylation sites (tertiary alicyclic amines) is 1. The molecular weight excluding hydrogens is 376 g/mol. The molecule has 0 aromatic heterocycles. The van der Waals surface area contributed by atoms with Crippen LogP contribution in [-0.2, 0) is 6.54 Å². The van der Waals surface area contributed by atoms with Crippen molar-refractivity contribution >= 4 is 5.91 Å². The molecule has 0 saturated carbocycles. The molecule has 1 heterocycles. The molecule has 0 aliphatic carbocycles. The molecule has 5 nitrogen and oxygen atoms in total. The standard InChI is InChI=1S/C25H34N2O3/c1-4-5-16-30-23-11-10-20(17-24(23)29-3)25(28)26-22-12-14-27(15-13-22)18-21-9-7-6-8-19(21)2/h6-11,17,22H,4-5,12-16,18H2,1-3H3,(H,26,28). The number of piperidine rings is 1. The van der Waals surface area contributed by atoms with Crippen molar-refractivity contribution in [2.24, 2.45) is 0 Å². The zero-order chi connectivity index (χ0) is 21.3. The summed E-state index contributed by atoms with van der Waals surface area (Å²) < 4.78 is 11.2.